The predicted molar refractivity (Wildman–Crippen MR) is 144 cm³/mol. The van der Waals surface area contributed by atoms with E-state index in [1.54, 1.807) is 16.9 Å². The summed E-state index contributed by atoms with van der Waals surface area (Å²) < 4.78 is 7.33. The largest absolute Gasteiger partial charge is 0.381 e. The first-order chi connectivity index (χ1) is 18.0. The molecule has 3 aliphatic heterocycles. The molecule has 0 aliphatic carbocycles. The van der Waals surface area contributed by atoms with Crippen molar-refractivity contribution < 1.29 is 4.74 Å². The monoisotopic (exact) mass is 539 g/mol. The van der Waals surface area contributed by atoms with Crippen LogP contribution in [0.2, 0.25) is 10.0 Å². The average Bonchev–Trinajstić information content (AvgIpc) is 3.26. The molecule has 5 heterocycles. The molecule has 0 unspecified atom stereocenters. The zero-order chi connectivity index (χ0) is 25.5. The standard InChI is InChI=1S/C27H31Cl2N7O/c1-17(22-5-4-20(28)11-23(22)29)36-27-26(24(12-30)33-36)31-13-25(32-27)35-15-19(16-35)18-3-2-8-34(14-18)21-6-9-37-10-7-21/h4-5,11,13,17-19,21H,2-3,6-10,14-16H2,1H3/t17-,18-/m1/s1. The lowest BCUT2D eigenvalue weighted by molar-refractivity contribution is 0.00872. The van der Waals surface area contributed by atoms with Crippen molar-refractivity contribution in [2.24, 2.45) is 11.8 Å². The van der Waals surface area contributed by atoms with Crippen LogP contribution in [0, 0.1) is 23.2 Å². The van der Waals surface area contributed by atoms with Crippen LogP contribution in [-0.4, -0.2) is 70.1 Å². The zero-order valence-electron chi connectivity index (χ0n) is 21.0. The molecule has 0 radical (unpaired) electrons. The normalized spacial score (nSPS) is 22.6. The van der Waals surface area contributed by atoms with Crippen molar-refractivity contribution in [2.75, 3.05) is 44.3 Å². The van der Waals surface area contributed by atoms with Gasteiger partial charge in [-0.05, 0) is 68.7 Å². The number of fused-ring (bicyclic) bond motifs is 1. The fourth-order valence-electron chi connectivity index (χ4n) is 6.17. The maximum atomic E-state index is 9.66. The fourth-order valence-corrected chi connectivity index (χ4v) is 6.74. The summed E-state index contributed by atoms with van der Waals surface area (Å²) in [7, 11) is 0. The van der Waals surface area contributed by atoms with Gasteiger partial charge in [0.1, 0.15) is 17.4 Å². The summed E-state index contributed by atoms with van der Waals surface area (Å²) in [6, 6.07) is 8.03. The molecule has 1 aromatic carbocycles. The molecule has 10 heteroatoms. The highest BCUT2D eigenvalue weighted by molar-refractivity contribution is 6.35. The smallest absolute Gasteiger partial charge is 0.190 e. The Morgan fingerprint density at radius 1 is 1.11 bits per heavy atom. The van der Waals surface area contributed by atoms with E-state index in [0.29, 0.717) is 33.2 Å². The number of rotatable bonds is 5. The van der Waals surface area contributed by atoms with E-state index in [1.807, 2.05) is 19.1 Å². The molecule has 3 saturated heterocycles. The minimum Gasteiger partial charge on any atom is -0.381 e. The Balaban J connectivity index is 1.19. The molecule has 3 aliphatic rings. The Morgan fingerprint density at radius 3 is 2.68 bits per heavy atom. The minimum absolute atomic E-state index is 0.235. The molecule has 8 nitrogen and oxygen atoms in total. The lowest BCUT2D eigenvalue weighted by atomic mass is 9.80. The van der Waals surface area contributed by atoms with Crippen LogP contribution in [0.3, 0.4) is 0 Å². The number of ether oxygens (including phenoxy) is 1. The van der Waals surface area contributed by atoms with Crippen molar-refractivity contribution in [1.82, 2.24) is 24.6 Å². The van der Waals surface area contributed by atoms with E-state index in [4.69, 9.17) is 32.9 Å². The van der Waals surface area contributed by atoms with Crippen molar-refractivity contribution in [3.63, 3.8) is 0 Å². The van der Waals surface area contributed by atoms with Crippen LogP contribution in [0.5, 0.6) is 0 Å². The molecule has 0 spiro atoms. The first kappa shape index (κ1) is 24.9. The van der Waals surface area contributed by atoms with Gasteiger partial charge in [0.15, 0.2) is 11.3 Å². The fraction of sp³-hybridized carbons (Fsp3) is 0.556. The third kappa shape index (κ3) is 4.79. The molecule has 0 saturated carbocycles. The van der Waals surface area contributed by atoms with Crippen LogP contribution in [0.4, 0.5) is 5.82 Å². The van der Waals surface area contributed by atoms with E-state index in [0.717, 1.165) is 56.4 Å². The number of hydrogen-bond acceptors (Lipinski definition) is 7. The number of nitrogens with zero attached hydrogens (tertiary/aromatic N) is 7. The number of nitriles is 1. The lowest BCUT2D eigenvalue weighted by Gasteiger charge is -2.48. The van der Waals surface area contributed by atoms with Crippen LogP contribution in [0.25, 0.3) is 11.2 Å². The molecular weight excluding hydrogens is 509 g/mol. The summed E-state index contributed by atoms with van der Waals surface area (Å²) in [5, 5.41) is 15.3. The molecule has 3 aromatic rings. The Hall–Kier alpha value is -2.44. The van der Waals surface area contributed by atoms with Gasteiger partial charge in [0.2, 0.25) is 0 Å². The quantitative estimate of drug-likeness (QED) is 0.453. The van der Waals surface area contributed by atoms with Crippen molar-refractivity contribution in [3.05, 3.63) is 45.7 Å². The number of piperidine rings is 1. The van der Waals surface area contributed by atoms with Crippen LogP contribution >= 0.6 is 23.2 Å². The second-order valence-corrected chi connectivity index (χ2v) is 11.4. The Labute approximate surface area is 227 Å². The highest BCUT2D eigenvalue weighted by Crippen LogP contribution is 2.36. The zero-order valence-corrected chi connectivity index (χ0v) is 22.5. The summed E-state index contributed by atoms with van der Waals surface area (Å²) >= 11 is 12.6. The summed E-state index contributed by atoms with van der Waals surface area (Å²) in [6.07, 6.45) is 6.70. The molecule has 6 rings (SSSR count). The summed E-state index contributed by atoms with van der Waals surface area (Å²) in [5.74, 6) is 2.24. The van der Waals surface area contributed by atoms with Gasteiger partial charge in [-0.1, -0.05) is 29.3 Å². The number of anilines is 1. The topological polar surface area (TPSA) is 83.1 Å². The second kappa shape index (κ2) is 10.4. The molecule has 37 heavy (non-hydrogen) atoms. The first-order valence-electron chi connectivity index (χ1n) is 13.2. The Kier molecular flexibility index (Phi) is 6.97. The highest BCUT2D eigenvalue weighted by atomic mass is 35.5. The van der Waals surface area contributed by atoms with Gasteiger partial charge in [-0.3, -0.25) is 4.90 Å². The average molecular weight is 540 g/mol. The van der Waals surface area contributed by atoms with E-state index >= 15 is 0 Å². The summed E-state index contributed by atoms with van der Waals surface area (Å²) in [6.45, 7) is 8.19. The molecule has 0 N–H and O–H groups in total. The van der Waals surface area contributed by atoms with Gasteiger partial charge in [-0.2, -0.15) is 10.4 Å². The Bertz CT molecular complexity index is 1330. The second-order valence-electron chi connectivity index (χ2n) is 10.6. The minimum atomic E-state index is -0.235. The summed E-state index contributed by atoms with van der Waals surface area (Å²) in [4.78, 5) is 14.6. The lowest BCUT2D eigenvalue weighted by Crippen LogP contribution is -2.55. The van der Waals surface area contributed by atoms with Gasteiger partial charge in [0, 0.05) is 48.9 Å². The van der Waals surface area contributed by atoms with Gasteiger partial charge in [0.25, 0.3) is 0 Å². The van der Waals surface area contributed by atoms with Crippen molar-refractivity contribution in [2.45, 2.75) is 44.7 Å². The third-order valence-electron chi connectivity index (χ3n) is 8.37. The number of benzene rings is 1. The van der Waals surface area contributed by atoms with E-state index in [9.17, 15) is 5.26 Å². The predicted octanol–water partition coefficient (Wildman–Crippen LogP) is 4.94. The van der Waals surface area contributed by atoms with Crippen LogP contribution in [0.15, 0.2) is 24.4 Å². The summed E-state index contributed by atoms with van der Waals surface area (Å²) in [5.41, 5.74) is 2.24. The molecule has 2 atom stereocenters. The Morgan fingerprint density at radius 2 is 1.92 bits per heavy atom. The van der Waals surface area contributed by atoms with Crippen molar-refractivity contribution in [1.29, 1.82) is 5.26 Å². The van der Waals surface area contributed by atoms with Crippen LogP contribution in [-0.2, 0) is 4.74 Å². The van der Waals surface area contributed by atoms with E-state index < -0.39 is 0 Å². The van der Waals surface area contributed by atoms with E-state index in [2.05, 4.69) is 26.0 Å². The highest BCUT2D eigenvalue weighted by Gasteiger charge is 2.38. The van der Waals surface area contributed by atoms with Gasteiger partial charge in [0.05, 0.1) is 12.2 Å². The molecule has 0 bridgehead atoms. The van der Waals surface area contributed by atoms with Gasteiger partial charge in [-0.25, -0.2) is 14.6 Å². The van der Waals surface area contributed by atoms with Gasteiger partial charge < -0.3 is 9.64 Å². The first-order valence-corrected chi connectivity index (χ1v) is 13.9. The van der Waals surface area contributed by atoms with Crippen molar-refractivity contribution >= 4 is 40.2 Å². The molecule has 0 amide bonds. The SMILES string of the molecule is C[C@H](c1ccc(Cl)cc1Cl)n1nc(C#N)c2ncc(N3CC([C@@H]4CCCN(C5CCOCC5)C4)C3)nc21. The molecule has 2 aromatic heterocycles. The number of hydrogen-bond donors (Lipinski definition) is 0. The molecular formula is C27H31Cl2N7O. The maximum absolute atomic E-state index is 9.66. The number of halogens is 2. The third-order valence-corrected chi connectivity index (χ3v) is 8.94. The van der Waals surface area contributed by atoms with E-state index in [-0.39, 0.29) is 11.7 Å². The van der Waals surface area contributed by atoms with Gasteiger partial charge in [-0.15, -0.1) is 0 Å². The van der Waals surface area contributed by atoms with Gasteiger partial charge >= 0.3 is 0 Å². The van der Waals surface area contributed by atoms with Crippen LogP contribution < -0.4 is 4.90 Å². The van der Waals surface area contributed by atoms with Crippen molar-refractivity contribution in [3.8, 4) is 6.07 Å². The number of likely N-dealkylation sites (tertiary alicyclic amines) is 1. The maximum Gasteiger partial charge on any atom is 0.190 e. The number of aromatic nitrogens is 4. The molecule has 3 fully saturated rings. The van der Waals surface area contributed by atoms with Crippen LogP contribution in [0.1, 0.15) is 49.9 Å². The molecule has 194 valence electrons. The van der Waals surface area contributed by atoms with E-state index in [1.165, 1.54) is 25.9 Å².